The van der Waals surface area contributed by atoms with E-state index in [0.29, 0.717) is 10.5 Å². The number of rotatable bonds is 6. The molecule has 5 heteroatoms. The van der Waals surface area contributed by atoms with Crippen LogP contribution in [0.25, 0.3) is 0 Å². The summed E-state index contributed by atoms with van der Waals surface area (Å²) < 4.78 is 33.2. The Morgan fingerprint density at radius 2 is 2.10 bits per heavy atom. The van der Waals surface area contributed by atoms with E-state index in [1.807, 2.05) is 0 Å². The third-order valence-corrected chi connectivity index (χ3v) is 5.20. The first-order valence-corrected chi connectivity index (χ1v) is 8.26. The molecule has 0 heterocycles. The normalized spacial score (nSPS) is 28.3. The van der Waals surface area contributed by atoms with Gasteiger partial charge in [-0.15, -0.1) is 0 Å². The van der Waals surface area contributed by atoms with Crippen molar-refractivity contribution in [3.8, 4) is 5.75 Å². The lowest BCUT2D eigenvalue weighted by atomic mass is 9.61. The molecule has 0 amide bonds. The number of ether oxygens (including phenoxy) is 1. The van der Waals surface area contributed by atoms with Gasteiger partial charge in [-0.05, 0) is 41.4 Å². The molecule has 2 rings (SSSR count). The summed E-state index contributed by atoms with van der Waals surface area (Å²) >= 11 is 3.18. The molecule has 1 saturated carbocycles. The highest BCUT2D eigenvalue weighted by atomic mass is 79.9. The van der Waals surface area contributed by atoms with Gasteiger partial charge in [0.25, 0.3) is 0 Å². The molecule has 0 bridgehead atoms. The molecule has 1 aromatic carbocycles. The summed E-state index contributed by atoms with van der Waals surface area (Å²) in [6.07, 6.45) is 2.81. The van der Waals surface area contributed by atoms with E-state index in [1.54, 1.807) is 0 Å². The Balaban J connectivity index is 2.11. The zero-order chi connectivity index (χ0) is 15.6. The van der Waals surface area contributed by atoms with Gasteiger partial charge in [-0.25, -0.2) is 8.78 Å². The van der Waals surface area contributed by atoms with Crippen LogP contribution in [0.4, 0.5) is 8.78 Å². The predicted molar refractivity (Wildman–Crippen MR) is 83.6 cm³/mol. The fourth-order valence-electron chi connectivity index (χ4n) is 2.89. The average molecular weight is 362 g/mol. The number of hydrogen-bond acceptors (Lipinski definition) is 2. The van der Waals surface area contributed by atoms with Gasteiger partial charge in [0.15, 0.2) is 11.6 Å². The maximum atomic E-state index is 13.9. The molecule has 3 unspecified atom stereocenters. The number of halogens is 3. The van der Waals surface area contributed by atoms with E-state index >= 15 is 0 Å². The number of hydrogen-bond donors (Lipinski definition) is 1. The van der Waals surface area contributed by atoms with Gasteiger partial charge in [-0.3, -0.25) is 0 Å². The van der Waals surface area contributed by atoms with Crippen LogP contribution in [-0.2, 0) is 0 Å². The smallest absolute Gasteiger partial charge is 0.169 e. The highest BCUT2D eigenvalue weighted by Crippen LogP contribution is 2.47. The molecule has 1 aliphatic rings. The molecule has 1 aromatic rings. The Kier molecular flexibility index (Phi) is 5.25. The average Bonchev–Trinajstić information content (AvgIpc) is 2.43. The van der Waals surface area contributed by atoms with Crippen LogP contribution in [0.15, 0.2) is 16.6 Å². The molecule has 0 aliphatic heterocycles. The molecule has 3 atom stereocenters. The first-order chi connectivity index (χ1) is 9.92. The van der Waals surface area contributed by atoms with Gasteiger partial charge < -0.3 is 10.1 Å². The van der Waals surface area contributed by atoms with E-state index < -0.39 is 11.6 Å². The molecule has 0 saturated heterocycles. The predicted octanol–water partition coefficient (Wildman–Crippen LogP) is 4.66. The van der Waals surface area contributed by atoms with Crippen molar-refractivity contribution in [3.63, 3.8) is 0 Å². The topological polar surface area (TPSA) is 21.3 Å². The minimum absolute atomic E-state index is 0.0323. The number of benzene rings is 1. The van der Waals surface area contributed by atoms with Crippen molar-refractivity contribution in [3.05, 3.63) is 28.2 Å². The van der Waals surface area contributed by atoms with E-state index in [9.17, 15) is 8.78 Å². The van der Waals surface area contributed by atoms with Crippen molar-refractivity contribution in [2.45, 2.75) is 52.2 Å². The SMILES string of the molecule is CCCNC1CC(Oc2c(F)cc(F)cc2Br)C1(C)CC. The fraction of sp³-hybridized carbons (Fsp3) is 0.625. The molecule has 1 aliphatic carbocycles. The Morgan fingerprint density at radius 1 is 1.38 bits per heavy atom. The van der Waals surface area contributed by atoms with Gasteiger partial charge in [0, 0.05) is 23.9 Å². The highest BCUT2D eigenvalue weighted by molar-refractivity contribution is 9.10. The van der Waals surface area contributed by atoms with Crippen molar-refractivity contribution in [1.29, 1.82) is 0 Å². The lowest BCUT2D eigenvalue weighted by molar-refractivity contribution is -0.0720. The van der Waals surface area contributed by atoms with Crippen LogP contribution in [0, 0.1) is 17.0 Å². The van der Waals surface area contributed by atoms with E-state index in [0.717, 1.165) is 31.9 Å². The lowest BCUT2D eigenvalue weighted by Crippen LogP contribution is -2.63. The Labute approximate surface area is 133 Å². The van der Waals surface area contributed by atoms with Crippen LogP contribution in [-0.4, -0.2) is 18.7 Å². The lowest BCUT2D eigenvalue weighted by Gasteiger charge is -2.53. The highest BCUT2D eigenvalue weighted by Gasteiger charge is 2.52. The summed E-state index contributed by atoms with van der Waals surface area (Å²) in [5.41, 5.74) is -0.0323. The second-order valence-corrected chi connectivity index (χ2v) is 6.76. The summed E-state index contributed by atoms with van der Waals surface area (Å²) in [4.78, 5) is 0. The summed E-state index contributed by atoms with van der Waals surface area (Å²) in [5.74, 6) is -1.17. The van der Waals surface area contributed by atoms with Crippen LogP contribution in [0.3, 0.4) is 0 Å². The van der Waals surface area contributed by atoms with Gasteiger partial charge in [0.1, 0.15) is 11.9 Å². The van der Waals surface area contributed by atoms with Gasteiger partial charge in [0.05, 0.1) is 4.47 Å². The van der Waals surface area contributed by atoms with Crippen molar-refractivity contribution in [2.75, 3.05) is 6.54 Å². The minimum Gasteiger partial charge on any atom is -0.485 e. The zero-order valence-electron chi connectivity index (χ0n) is 12.7. The molecule has 0 radical (unpaired) electrons. The zero-order valence-corrected chi connectivity index (χ0v) is 14.3. The van der Waals surface area contributed by atoms with E-state index in [1.165, 1.54) is 6.07 Å². The van der Waals surface area contributed by atoms with Crippen LogP contribution in [0.1, 0.15) is 40.0 Å². The fourth-order valence-corrected chi connectivity index (χ4v) is 3.39. The second kappa shape index (κ2) is 6.61. The first-order valence-electron chi connectivity index (χ1n) is 7.47. The van der Waals surface area contributed by atoms with Gasteiger partial charge in [-0.2, -0.15) is 0 Å². The van der Waals surface area contributed by atoms with Crippen LogP contribution in [0.5, 0.6) is 5.75 Å². The Morgan fingerprint density at radius 3 is 2.67 bits per heavy atom. The molecule has 21 heavy (non-hydrogen) atoms. The molecule has 118 valence electrons. The summed E-state index contributed by atoms with van der Waals surface area (Å²) in [5, 5.41) is 3.52. The Hall–Kier alpha value is -0.680. The van der Waals surface area contributed by atoms with E-state index in [-0.39, 0.29) is 17.3 Å². The third kappa shape index (κ3) is 3.24. The molecule has 2 nitrogen and oxygen atoms in total. The Bertz CT molecular complexity index is 488. The number of nitrogens with one attached hydrogen (secondary N) is 1. The van der Waals surface area contributed by atoms with Crippen LogP contribution >= 0.6 is 15.9 Å². The third-order valence-electron chi connectivity index (χ3n) is 4.61. The van der Waals surface area contributed by atoms with Crippen molar-refractivity contribution in [2.24, 2.45) is 5.41 Å². The molecule has 0 aromatic heterocycles. The minimum atomic E-state index is -0.662. The van der Waals surface area contributed by atoms with Crippen molar-refractivity contribution in [1.82, 2.24) is 5.32 Å². The summed E-state index contributed by atoms with van der Waals surface area (Å²) in [7, 11) is 0. The largest absolute Gasteiger partial charge is 0.485 e. The van der Waals surface area contributed by atoms with Gasteiger partial charge >= 0.3 is 0 Å². The van der Waals surface area contributed by atoms with Crippen LogP contribution in [0.2, 0.25) is 0 Å². The molecular weight excluding hydrogens is 340 g/mol. The maximum absolute atomic E-state index is 13.9. The van der Waals surface area contributed by atoms with Crippen LogP contribution < -0.4 is 10.1 Å². The molecular formula is C16H22BrF2NO. The standard InChI is InChI=1S/C16H22BrF2NO/c1-4-6-20-13-9-14(16(13,3)5-2)21-15-11(17)7-10(18)8-12(15)19/h7-8,13-14,20H,4-6,9H2,1-3H3. The first kappa shape index (κ1) is 16.7. The molecule has 1 N–H and O–H groups in total. The van der Waals surface area contributed by atoms with E-state index in [4.69, 9.17) is 4.74 Å². The maximum Gasteiger partial charge on any atom is 0.169 e. The second-order valence-electron chi connectivity index (χ2n) is 5.91. The molecule has 0 spiro atoms. The van der Waals surface area contributed by atoms with E-state index in [2.05, 4.69) is 42.0 Å². The van der Waals surface area contributed by atoms with Crippen molar-refractivity contribution >= 4 is 15.9 Å². The monoisotopic (exact) mass is 361 g/mol. The quantitative estimate of drug-likeness (QED) is 0.795. The van der Waals surface area contributed by atoms with Crippen molar-refractivity contribution < 1.29 is 13.5 Å². The van der Waals surface area contributed by atoms with Gasteiger partial charge in [-0.1, -0.05) is 20.8 Å². The summed E-state index contributed by atoms with van der Waals surface area (Å²) in [6, 6.07) is 2.47. The molecule has 1 fully saturated rings. The van der Waals surface area contributed by atoms with Gasteiger partial charge in [0.2, 0.25) is 0 Å². The summed E-state index contributed by atoms with van der Waals surface area (Å²) in [6.45, 7) is 7.38.